The molecule has 0 aromatic carbocycles. The summed E-state index contributed by atoms with van der Waals surface area (Å²) >= 11 is 0. The molecule has 1 amide bonds. The van der Waals surface area contributed by atoms with Crippen molar-refractivity contribution in [2.75, 3.05) is 20.1 Å². The first-order valence-electron chi connectivity index (χ1n) is 4.82. The number of rotatable bonds is 4. The van der Waals surface area contributed by atoms with Crippen LogP contribution < -0.4 is 11.5 Å². The van der Waals surface area contributed by atoms with Gasteiger partial charge in [0.15, 0.2) is 0 Å². The molecule has 0 radical (unpaired) electrons. The molecule has 0 aromatic heterocycles. The maximum Gasteiger partial charge on any atom is 0.238 e. The van der Waals surface area contributed by atoms with Crippen molar-refractivity contribution < 1.29 is 4.79 Å². The molecule has 14 heavy (non-hydrogen) atoms. The van der Waals surface area contributed by atoms with Gasteiger partial charge in [-0.05, 0) is 19.4 Å². The number of amides is 1. The van der Waals surface area contributed by atoms with Crippen molar-refractivity contribution in [3.8, 4) is 0 Å². The van der Waals surface area contributed by atoms with Crippen LogP contribution in [-0.2, 0) is 4.79 Å². The molecule has 0 bridgehead atoms. The highest BCUT2D eigenvalue weighted by Gasteiger charge is 2.28. The normalized spacial score (nSPS) is 16.8. The Kier molecular flexibility index (Phi) is 4.09. The van der Waals surface area contributed by atoms with E-state index in [1.165, 1.54) is 0 Å². The highest BCUT2D eigenvalue weighted by atomic mass is 16.1. The first-order valence-corrected chi connectivity index (χ1v) is 4.82. The standard InChI is InChI=1S/C10H23N3O/c1-9(2,3)6-13(5)7-10(4,12)8(11)14/h6-7,12H2,1-5H3,(H2,11,14). The van der Waals surface area contributed by atoms with Crippen molar-refractivity contribution in [2.45, 2.75) is 33.2 Å². The summed E-state index contributed by atoms with van der Waals surface area (Å²) in [6.45, 7) is 9.45. The van der Waals surface area contributed by atoms with E-state index >= 15 is 0 Å². The number of nitrogens with zero attached hydrogens (tertiary/aromatic N) is 1. The molecule has 4 heteroatoms. The zero-order valence-electron chi connectivity index (χ0n) is 9.92. The van der Waals surface area contributed by atoms with E-state index in [0.717, 1.165) is 6.54 Å². The molecule has 0 aliphatic heterocycles. The van der Waals surface area contributed by atoms with Crippen LogP contribution in [0.5, 0.6) is 0 Å². The van der Waals surface area contributed by atoms with E-state index in [1.54, 1.807) is 6.92 Å². The third-order valence-corrected chi connectivity index (χ3v) is 1.91. The summed E-state index contributed by atoms with van der Waals surface area (Å²) in [6, 6.07) is 0. The molecule has 4 nitrogen and oxygen atoms in total. The second-order valence-electron chi connectivity index (χ2n) is 5.51. The van der Waals surface area contributed by atoms with E-state index in [4.69, 9.17) is 11.5 Å². The van der Waals surface area contributed by atoms with E-state index in [0.29, 0.717) is 6.54 Å². The van der Waals surface area contributed by atoms with E-state index in [-0.39, 0.29) is 5.41 Å². The third-order valence-electron chi connectivity index (χ3n) is 1.91. The van der Waals surface area contributed by atoms with Crippen molar-refractivity contribution >= 4 is 5.91 Å². The van der Waals surface area contributed by atoms with Crippen LogP contribution in [0.25, 0.3) is 0 Å². The Morgan fingerprint density at radius 1 is 1.21 bits per heavy atom. The Labute approximate surface area is 86.6 Å². The summed E-state index contributed by atoms with van der Waals surface area (Å²) in [7, 11) is 1.94. The zero-order chi connectivity index (χ0) is 11.6. The van der Waals surface area contributed by atoms with E-state index in [9.17, 15) is 4.79 Å². The first kappa shape index (κ1) is 13.4. The Morgan fingerprint density at radius 2 is 1.64 bits per heavy atom. The van der Waals surface area contributed by atoms with Gasteiger partial charge in [0.2, 0.25) is 5.91 Å². The monoisotopic (exact) mass is 201 g/mol. The number of hydrogen-bond donors (Lipinski definition) is 2. The van der Waals surface area contributed by atoms with Gasteiger partial charge < -0.3 is 16.4 Å². The summed E-state index contributed by atoms with van der Waals surface area (Å²) in [5.41, 5.74) is 10.2. The quantitative estimate of drug-likeness (QED) is 0.681. The number of likely N-dealkylation sites (N-methyl/N-ethyl adjacent to an activating group) is 1. The van der Waals surface area contributed by atoms with Crippen LogP contribution in [0.15, 0.2) is 0 Å². The van der Waals surface area contributed by atoms with Crippen LogP contribution in [0.1, 0.15) is 27.7 Å². The van der Waals surface area contributed by atoms with Gasteiger partial charge in [-0.3, -0.25) is 4.79 Å². The molecule has 0 aliphatic rings. The van der Waals surface area contributed by atoms with Gasteiger partial charge in [-0.25, -0.2) is 0 Å². The Bertz CT molecular complexity index is 206. The maximum atomic E-state index is 11.0. The third kappa shape index (κ3) is 5.19. The number of primary amides is 1. The van der Waals surface area contributed by atoms with Gasteiger partial charge in [-0.2, -0.15) is 0 Å². The molecule has 0 fully saturated rings. The van der Waals surface area contributed by atoms with Crippen LogP contribution in [0.3, 0.4) is 0 Å². The van der Waals surface area contributed by atoms with Gasteiger partial charge in [-0.15, -0.1) is 0 Å². The minimum atomic E-state index is -0.944. The molecule has 0 saturated heterocycles. The molecular weight excluding hydrogens is 178 g/mol. The SMILES string of the molecule is CN(CC(C)(C)C)CC(C)(N)C(N)=O. The molecule has 0 saturated carbocycles. The van der Waals surface area contributed by atoms with E-state index in [1.807, 2.05) is 11.9 Å². The highest BCUT2D eigenvalue weighted by molar-refractivity contribution is 5.84. The zero-order valence-corrected chi connectivity index (χ0v) is 9.92. The van der Waals surface area contributed by atoms with Gasteiger partial charge in [0.25, 0.3) is 0 Å². The molecule has 0 heterocycles. The summed E-state index contributed by atoms with van der Waals surface area (Å²) in [5.74, 6) is -0.460. The van der Waals surface area contributed by atoms with Crippen molar-refractivity contribution in [1.29, 1.82) is 0 Å². The van der Waals surface area contributed by atoms with Gasteiger partial charge in [0, 0.05) is 13.1 Å². The van der Waals surface area contributed by atoms with Gasteiger partial charge in [0.1, 0.15) is 5.54 Å². The fourth-order valence-electron chi connectivity index (χ4n) is 1.50. The van der Waals surface area contributed by atoms with Crippen molar-refractivity contribution in [3.63, 3.8) is 0 Å². The molecule has 0 spiro atoms. The molecule has 0 aromatic rings. The van der Waals surface area contributed by atoms with Gasteiger partial charge in [-0.1, -0.05) is 20.8 Å². The molecule has 0 rings (SSSR count). The van der Waals surface area contributed by atoms with E-state index in [2.05, 4.69) is 20.8 Å². The van der Waals surface area contributed by atoms with Crippen LogP contribution in [-0.4, -0.2) is 36.5 Å². The molecule has 1 atom stereocenters. The molecule has 84 valence electrons. The topological polar surface area (TPSA) is 72.3 Å². The molecular formula is C10H23N3O. The minimum absolute atomic E-state index is 0.197. The fourth-order valence-corrected chi connectivity index (χ4v) is 1.50. The van der Waals surface area contributed by atoms with Crippen LogP contribution in [0, 0.1) is 5.41 Å². The molecule has 1 unspecified atom stereocenters. The smallest absolute Gasteiger partial charge is 0.238 e. The Morgan fingerprint density at radius 3 is 1.93 bits per heavy atom. The summed E-state index contributed by atoms with van der Waals surface area (Å²) < 4.78 is 0. The van der Waals surface area contributed by atoms with Crippen LogP contribution in [0.2, 0.25) is 0 Å². The Hall–Kier alpha value is -0.610. The van der Waals surface area contributed by atoms with Crippen molar-refractivity contribution in [1.82, 2.24) is 4.90 Å². The Balaban J connectivity index is 4.19. The number of hydrogen-bond acceptors (Lipinski definition) is 3. The lowest BCUT2D eigenvalue weighted by Gasteiger charge is -2.31. The molecule has 0 aliphatic carbocycles. The molecule has 4 N–H and O–H groups in total. The first-order chi connectivity index (χ1) is 6.04. The van der Waals surface area contributed by atoms with Gasteiger partial charge >= 0.3 is 0 Å². The van der Waals surface area contributed by atoms with Crippen molar-refractivity contribution in [2.24, 2.45) is 16.9 Å². The van der Waals surface area contributed by atoms with Crippen LogP contribution in [0.4, 0.5) is 0 Å². The second-order valence-corrected chi connectivity index (χ2v) is 5.51. The van der Waals surface area contributed by atoms with Crippen molar-refractivity contribution in [3.05, 3.63) is 0 Å². The fraction of sp³-hybridized carbons (Fsp3) is 0.900. The maximum absolute atomic E-state index is 11.0. The second kappa shape index (κ2) is 4.28. The summed E-state index contributed by atoms with van der Waals surface area (Å²) in [5, 5.41) is 0. The average Bonchev–Trinajstić information content (AvgIpc) is 1.79. The predicted molar refractivity (Wildman–Crippen MR) is 58.7 cm³/mol. The summed E-state index contributed by atoms with van der Waals surface area (Å²) in [6.07, 6.45) is 0. The average molecular weight is 201 g/mol. The van der Waals surface area contributed by atoms with E-state index < -0.39 is 11.4 Å². The minimum Gasteiger partial charge on any atom is -0.368 e. The lowest BCUT2D eigenvalue weighted by molar-refractivity contribution is -0.123. The number of nitrogens with two attached hydrogens (primary N) is 2. The van der Waals surface area contributed by atoms with Crippen LogP contribution >= 0.6 is 0 Å². The highest BCUT2D eigenvalue weighted by Crippen LogP contribution is 2.15. The largest absolute Gasteiger partial charge is 0.368 e. The summed E-state index contributed by atoms with van der Waals surface area (Å²) in [4.78, 5) is 13.0. The number of carbonyl (C=O) groups is 1. The lowest BCUT2D eigenvalue weighted by atomic mass is 9.95. The lowest BCUT2D eigenvalue weighted by Crippen LogP contribution is -2.56. The number of carbonyl (C=O) groups excluding carboxylic acids is 1. The van der Waals surface area contributed by atoms with Gasteiger partial charge in [0.05, 0.1) is 0 Å². The predicted octanol–water partition coefficient (Wildman–Crippen LogP) is 0.167.